The number of hydrogen-bond donors (Lipinski definition) is 2. The van der Waals surface area contributed by atoms with Crippen LogP contribution < -0.4 is 10.6 Å². The fourth-order valence-corrected chi connectivity index (χ4v) is 2.12. The Balaban J connectivity index is 2.03. The van der Waals surface area contributed by atoms with Gasteiger partial charge in [-0.05, 0) is 36.8 Å². The van der Waals surface area contributed by atoms with Crippen molar-refractivity contribution in [3.05, 3.63) is 64.4 Å². The predicted octanol–water partition coefficient (Wildman–Crippen LogP) is 2.41. The SMILES string of the molecule is CCNC(=O)c1cccc(CNC(=O)c2cccnc2Cl)c1. The number of rotatable bonds is 5. The van der Waals surface area contributed by atoms with Gasteiger partial charge in [-0.1, -0.05) is 23.7 Å². The van der Waals surface area contributed by atoms with Crippen LogP contribution in [0.1, 0.15) is 33.2 Å². The van der Waals surface area contributed by atoms with Gasteiger partial charge in [0.15, 0.2) is 0 Å². The summed E-state index contributed by atoms with van der Waals surface area (Å²) in [6.07, 6.45) is 1.52. The molecule has 22 heavy (non-hydrogen) atoms. The Kier molecular flexibility index (Phi) is 5.49. The molecule has 0 aliphatic rings. The molecular weight excluding hydrogens is 302 g/mol. The van der Waals surface area contributed by atoms with E-state index in [9.17, 15) is 9.59 Å². The first kappa shape index (κ1) is 16.0. The summed E-state index contributed by atoms with van der Waals surface area (Å²) >= 11 is 5.88. The monoisotopic (exact) mass is 317 g/mol. The molecule has 0 saturated heterocycles. The third-order valence-electron chi connectivity index (χ3n) is 2.98. The lowest BCUT2D eigenvalue weighted by Gasteiger charge is -2.08. The van der Waals surface area contributed by atoms with Crippen LogP contribution in [0.3, 0.4) is 0 Å². The van der Waals surface area contributed by atoms with Crippen molar-refractivity contribution in [1.29, 1.82) is 0 Å². The van der Waals surface area contributed by atoms with Gasteiger partial charge in [0, 0.05) is 24.8 Å². The lowest BCUT2D eigenvalue weighted by atomic mass is 10.1. The van der Waals surface area contributed by atoms with Gasteiger partial charge in [-0.25, -0.2) is 4.98 Å². The first-order chi connectivity index (χ1) is 10.6. The number of aromatic nitrogens is 1. The topological polar surface area (TPSA) is 71.1 Å². The van der Waals surface area contributed by atoms with Crippen LogP contribution in [-0.4, -0.2) is 23.3 Å². The van der Waals surface area contributed by atoms with Crippen molar-refractivity contribution in [3.63, 3.8) is 0 Å². The predicted molar refractivity (Wildman–Crippen MR) is 84.9 cm³/mol. The highest BCUT2D eigenvalue weighted by Gasteiger charge is 2.10. The summed E-state index contributed by atoms with van der Waals surface area (Å²) in [7, 11) is 0. The van der Waals surface area contributed by atoms with Crippen LogP contribution in [-0.2, 0) is 6.54 Å². The average Bonchev–Trinajstić information content (AvgIpc) is 2.53. The van der Waals surface area contributed by atoms with Gasteiger partial charge >= 0.3 is 0 Å². The summed E-state index contributed by atoms with van der Waals surface area (Å²) in [4.78, 5) is 27.7. The minimum atomic E-state index is -0.304. The van der Waals surface area contributed by atoms with Gasteiger partial charge in [0.2, 0.25) is 0 Å². The Morgan fingerprint density at radius 1 is 1.14 bits per heavy atom. The van der Waals surface area contributed by atoms with E-state index in [1.54, 1.807) is 30.3 Å². The third-order valence-corrected chi connectivity index (χ3v) is 3.28. The van der Waals surface area contributed by atoms with Crippen LogP contribution in [0, 0.1) is 0 Å². The van der Waals surface area contributed by atoms with Gasteiger partial charge in [0.1, 0.15) is 5.15 Å². The minimum Gasteiger partial charge on any atom is -0.352 e. The Labute approximate surface area is 133 Å². The molecule has 0 fully saturated rings. The van der Waals surface area contributed by atoms with E-state index < -0.39 is 0 Å². The number of nitrogens with one attached hydrogen (secondary N) is 2. The molecule has 1 aromatic heterocycles. The number of nitrogens with zero attached hydrogens (tertiary/aromatic N) is 1. The Hall–Kier alpha value is -2.40. The number of benzene rings is 1. The van der Waals surface area contributed by atoms with Crippen molar-refractivity contribution < 1.29 is 9.59 Å². The molecule has 5 nitrogen and oxygen atoms in total. The second-order valence-electron chi connectivity index (χ2n) is 4.58. The van der Waals surface area contributed by atoms with Crippen molar-refractivity contribution in [2.75, 3.05) is 6.54 Å². The molecule has 0 unspecified atom stereocenters. The first-order valence-electron chi connectivity index (χ1n) is 6.87. The van der Waals surface area contributed by atoms with E-state index >= 15 is 0 Å². The number of halogens is 1. The number of amides is 2. The lowest BCUT2D eigenvalue weighted by molar-refractivity contribution is 0.0946. The number of carbonyl (C=O) groups is 2. The maximum absolute atomic E-state index is 12.0. The van der Waals surface area contributed by atoms with Gasteiger partial charge in [0.25, 0.3) is 11.8 Å². The van der Waals surface area contributed by atoms with Crippen LogP contribution in [0.25, 0.3) is 0 Å². The van der Waals surface area contributed by atoms with E-state index in [0.717, 1.165) is 5.56 Å². The summed E-state index contributed by atoms with van der Waals surface area (Å²) < 4.78 is 0. The van der Waals surface area contributed by atoms with Crippen molar-refractivity contribution in [3.8, 4) is 0 Å². The highest BCUT2D eigenvalue weighted by molar-refractivity contribution is 6.32. The zero-order valence-corrected chi connectivity index (χ0v) is 12.9. The van der Waals surface area contributed by atoms with E-state index in [1.807, 2.05) is 13.0 Å². The van der Waals surface area contributed by atoms with E-state index in [-0.39, 0.29) is 17.0 Å². The second kappa shape index (κ2) is 7.56. The Bertz CT molecular complexity index is 689. The molecule has 2 aromatic rings. The zero-order valence-electron chi connectivity index (χ0n) is 12.1. The average molecular weight is 318 g/mol. The lowest BCUT2D eigenvalue weighted by Crippen LogP contribution is -2.24. The van der Waals surface area contributed by atoms with E-state index in [1.165, 1.54) is 6.20 Å². The van der Waals surface area contributed by atoms with Crippen molar-refractivity contribution in [2.45, 2.75) is 13.5 Å². The minimum absolute atomic E-state index is 0.133. The van der Waals surface area contributed by atoms with Crippen molar-refractivity contribution in [1.82, 2.24) is 15.6 Å². The fourth-order valence-electron chi connectivity index (χ4n) is 1.92. The van der Waals surface area contributed by atoms with Gasteiger partial charge in [-0.2, -0.15) is 0 Å². The maximum atomic E-state index is 12.0. The maximum Gasteiger partial charge on any atom is 0.254 e. The zero-order chi connectivity index (χ0) is 15.9. The van der Waals surface area contributed by atoms with E-state index in [2.05, 4.69) is 15.6 Å². The van der Waals surface area contributed by atoms with Crippen LogP contribution in [0.2, 0.25) is 5.15 Å². The molecular formula is C16H16ClN3O2. The molecule has 0 saturated carbocycles. The molecule has 0 spiro atoms. The largest absolute Gasteiger partial charge is 0.352 e. The summed E-state index contributed by atoms with van der Waals surface area (Å²) in [5.41, 5.74) is 1.72. The summed E-state index contributed by atoms with van der Waals surface area (Å²) in [5.74, 6) is -0.438. The first-order valence-corrected chi connectivity index (χ1v) is 7.25. The molecule has 1 heterocycles. The quantitative estimate of drug-likeness (QED) is 0.832. The second-order valence-corrected chi connectivity index (χ2v) is 4.94. The Morgan fingerprint density at radius 3 is 2.68 bits per heavy atom. The molecule has 0 bridgehead atoms. The van der Waals surface area contributed by atoms with Crippen LogP contribution in [0.4, 0.5) is 0 Å². The van der Waals surface area contributed by atoms with Crippen LogP contribution in [0.15, 0.2) is 42.6 Å². The van der Waals surface area contributed by atoms with E-state index in [4.69, 9.17) is 11.6 Å². The molecule has 114 valence electrons. The highest BCUT2D eigenvalue weighted by Crippen LogP contribution is 2.12. The smallest absolute Gasteiger partial charge is 0.254 e. The van der Waals surface area contributed by atoms with Crippen molar-refractivity contribution in [2.24, 2.45) is 0 Å². The van der Waals surface area contributed by atoms with Gasteiger partial charge in [-0.3, -0.25) is 9.59 Å². The standard InChI is InChI=1S/C16H16ClN3O2/c1-2-18-15(21)12-6-3-5-11(9-12)10-20-16(22)13-7-4-8-19-14(13)17/h3-9H,2,10H2,1H3,(H,18,21)(H,20,22). The molecule has 2 N–H and O–H groups in total. The van der Waals surface area contributed by atoms with Gasteiger partial charge in [0.05, 0.1) is 5.56 Å². The summed E-state index contributed by atoms with van der Waals surface area (Å²) in [6.45, 7) is 2.73. The normalized spacial score (nSPS) is 10.1. The van der Waals surface area contributed by atoms with Gasteiger partial charge in [-0.15, -0.1) is 0 Å². The van der Waals surface area contributed by atoms with Crippen LogP contribution >= 0.6 is 11.6 Å². The molecule has 0 aliphatic carbocycles. The third kappa shape index (κ3) is 4.05. The molecule has 2 amide bonds. The Morgan fingerprint density at radius 2 is 1.95 bits per heavy atom. The molecule has 6 heteroatoms. The summed E-state index contributed by atoms with van der Waals surface area (Å²) in [6, 6.07) is 10.4. The van der Waals surface area contributed by atoms with Crippen molar-refractivity contribution >= 4 is 23.4 Å². The number of pyridine rings is 1. The molecule has 0 radical (unpaired) electrons. The number of carbonyl (C=O) groups excluding carboxylic acids is 2. The highest BCUT2D eigenvalue weighted by atomic mass is 35.5. The fraction of sp³-hybridized carbons (Fsp3) is 0.188. The number of hydrogen-bond acceptors (Lipinski definition) is 3. The molecule has 0 aliphatic heterocycles. The summed E-state index contributed by atoms with van der Waals surface area (Å²) in [5, 5.41) is 5.66. The van der Waals surface area contributed by atoms with Gasteiger partial charge < -0.3 is 10.6 Å². The molecule has 0 atom stereocenters. The van der Waals surface area contributed by atoms with Crippen LogP contribution in [0.5, 0.6) is 0 Å². The van der Waals surface area contributed by atoms with E-state index in [0.29, 0.717) is 24.2 Å². The molecule has 2 rings (SSSR count). The molecule has 1 aromatic carbocycles.